The standard InChI is InChI=1S/4ClH.2Li.4Mn.2H2O.10O/h4*1H;;;;;;;2*1H2;;;;;;;;;;/q;;;;4*+1;2*+2;;;;;;;;;;;2*-1/p-6. The van der Waals surface area contributed by atoms with Gasteiger partial charge in [-0.1, -0.05) is 0 Å². The van der Waals surface area contributed by atoms with Gasteiger partial charge in [-0.25, -0.2) is 0 Å². The molecule has 0 bridgehead atoms. The van der Waals surface area contributed by atoms with E-state index in [1.54, 1.807) is 0 Å². The van der Waals surface area contributed by atoms with E-state index in [0.29, 0.717) is 0 Å². The van der Waals surface area contributed by atoms with Crippen molar-refractivity contribution in [1.29, 1.82) is 0 Å². The average molecular weight is 569 g/mol. The van der Waals surface area contributed by atoms with Gasteiger partial charge < -0.3 is 0 Å². The van der Waals surface area contributed by atoms with Gasteiger partial charge in [-0.2, -0.15) is 0 Å². The third kappa shape index (κ3) is 1490. The minimum absolute atomic E-state index is 0. The first-order valence-electron chi connectivity index (χ1n) is 2.45. The van der Waals surface area contributed by atoms with E-state index >= 15 is 0 Å². The van der Waals surface area contributed by atoms with Gasteiger partial charge in [-0.05, 0) is 0 Å². The second-order valence-corrected chi connectivity index (χ2v) is 12.0. The van der Waals surface area contributed by atoms with Gasteiger partial charge in [0.15, 0.2) is 0 Å². The fraction of sp³-hybridized carbons (Fsp3) is 0. The Labute approximate surface area is 171 Å². The normalized spacial score (nSPS) is 10.5. The predicted octanol–water partition coefficient (Wildman–Crippen LogP) is -7.69. The van der Waals surface area contributed by atoms with E-state index in [0.717, 1.165) is 0 Å². The number of hydrogen-bond donors (Lipinski definition) is 2. The van der Waals surface area contributed by atoms with Gasteiger partial charge in [-0.15, -0.1) is 0 Å². The number of hydrogen-bond acceptors (Lipinski definition) is 10. The van der Waals surface area contributed by atoms with Crippen molar-refractivity contribution in [2.24, 2.45) is 0 Å². The number of halogens is 4. The van der Waals surface area contributed by atoms with Crippen LogP contribution >= 0.6 is 40.4 Å². The predicted molar refractivity (Wildman–Crippen MR) is 33.3 cm³/mol. The number of rotatable bonds is 0. The summed E-state index contributed by atoms with van der Waals surface area (Å²) in [6.45, 7) is 0. The van der Waals surface area contributed by atoms with Crippen molar-refractivity contribution in [3.8, 4) is 0 Å². The summed E-state index contributed by atoms with van der Waals surface area (Å²) in [5.74, 6) is 0. The van der Waals surface area contributed by atoms with E-state index in [2.05, 4.69) is 40.4 Å². The SMILES string of the molecule is [Li+].[Li+].[O]=[Mn](=[O])([O-])[Cl].[O]=[Mn](=[O])([O-])[Cl].[O]=[Mn](=[O])([OH])[Cl].[O]=[Mn](=[O])([OH])[Cl]. The summed E-state index contributed by atoms with van der Waals surface area (Å²) in [6.07, 6.45) is 0. The van der Waals surface area contributed by atoms with Crippen LogP contribution in [-0.2, 0) is 79.2 Å². The zero-order chi connectivity index (χ0) is 18.0. The second kappa shape index (κ2) is 17.1. The molecule has 2 N–H and O–H groups in total. The Morgan fingerprint density at radius 2 is 0.545 bits per heavy atom. The quantitative estimate of drug-likeness (QED) is 0.260. The molecule has 0 aromatic carbocycles. The Balaban J connectivity index is -0.0000000376. The molecule has 22 heteroatoms. The van der Waals surface area contributed by atoms with Crippen molar-refractivity contribution in [2.75, 3.05) is 0 Å². The Morgan fingerprint density at radius 3 is 0.545 bits per heavy atom. The van der Waals surface area contributed by atoms with Crippen LogP contribution in [0.15, 0.2) is 0 Å². The van der Waals surface area contributed by atoms with Gasteiger partial charge in [0.1, 0.15) is 0 Å². The molecule has 0 fully saturated rings. The molecule has 0 amide bonds. The van der Waals surface area contributed by atoms with Crippen molar-refractivity contribution in [3.63, 3.8) is 0 Å². The van der Waals surface area contributed by atoms with Crippen LogP contribution in [0.2, 0.25) is 0 Å². The van der Waals surface area contributed by atoms with Gasteiger partial charge in [0, 0.05) is 0 Å². The maximum atomic E-state index is 9.01. The second-order valence-electron chi connectivity index (χ2n) is 1.49. The summed E-state index contributed by atoms with van der Waals surface area (Å²) in [4.78, 5) is 0. The molecule has 0 rings (SSSR count). The zero-order valence-corrected chi connectivity index (χ0v) is 17.7. The first kappa shape index (κ1) is 39.7. The van der Waals surface area contributed by atoms with Crippen molar-refractivity contribution in [2.45, 2.75) is 0 Å². The first-order chi connectivity index (χ1) is 8.00. The molecule has 0 aromatic rings. The third-order valence-corrected chi connectivity index (χ3v) is 0. The van der Waals surface area contributed by atoms with Crippen LogP contribution in [0.1, 0.15) is 0 Å². The van der Waals surface area contributed by atoms with Crippen LogP contribution in [0.3, 0.4) is 0 Å². The molecule has 0 aliphatic carbocycles. The third-order valence-electron chi connectivity index (χ3n) is 0. The van der Waals surface area contributed by atoms with Crippen molar-refractivity contribution in [3.05, 3.63) is 0 Å². The Bertz CT molecular complexity index is 490. The molecule has 0 spiro atoms. The summed E-state index contributed by atoms with van der Waals surface area (Å²) in [7, 11) is 16.2. The monoisotopic (exact) mass is 568 g/mol. The van der Waals surface area contributed by atoms with Crippen LogP contribution < -0.4 is 46.1 Å². The summed E-state index contributed by atoms with van der Waals surface area (Å²) in [5.41, 5.74) is 0. The van der Waals surface area contributed by atoms with Crippen molar-refractivity contribution >= 4 is 40.4 Å². The zero-order valence-electron chi connectivity index (χ0n) is 10.0. The fourth-order valence-corrected chi connectivity index (χ4v) is 0. The summed E-state index contributed by atoms with van der Waals surface area (Å²) >= 11 is -19.1. The van der Waals surface area contributed by atoms with Gasteiger partial charge in [0.25, 0.3) is 0 Å². The van der Waals surface area contributed by atoms with Gasteiger partial charge in [0.2, 0.25) is 0 Å². The molecule has 0 saturated heterocycles. The summed E-state index contributed by atoms with van der Waals surface area (Å²) in [6, 6.07) is 0. The van der Waals surface area contributed by atoms with Crippen LogP contribution in [0.4, 0.5) is 0 Å². The van der Waals surface area contributed by atoms with E-state index in [1.807, 2.05) is 0 Å². The van der Waals surface area contributed by atoms with Crippen LogP contribution in [0.25, 0.3) is 0 Å². The Morgan fingerprint density at radius 1 is 0.545 bits per heavy atom. The van der Waals surface area contributed by atoms with E-state index in [9.17, 15) is 0 Å². The van der Waals surface area contributed by atoms with Gasteiger partial charge in [0.05, 0.1) is 0 Å². The Kier molecular flexibility index (Phi) is 30.8. The molecule has 0 aromatic heterocycles. The Hall–Kier alpha value is 2.67. The van der Waals surface area contributed by atoms with Crippen LogP contribution in [0.5, 0.6) is 0 Å². The molecule has 0 unspecified atom stereocenters. The summed E-state index contributed by atoms with van der Waals surface area (Å²) in [5, 5.41) is 0. The molecular formula is H2Cl4Li2Mn4O12. The molecule has 0 aliphatic heterocycles. The van der Waals surface area contributed by atoms with E-state index < -0.39 is 48.5 Å². The van der Waals surface area contributed by atoms with E-state index in [4.69, 9.17) is 47.4 Å². The van der Waals surface area contributed by atoms with Crippen molar-refractivity contribution < 1.29 is 134 Å². The molecule has 22 heavy (non-hydrogen) atoms. The van der Waals surface area contributed by atoms with E-state index in [-0.39, 0.29) is 37.7 Å². The van der Waals surface area contributed by atoms with Crippen LogP contribution in [0, 0.1) is 0 Å². The molecule has 0 atom stereocenters. The average Bonchev–Trinajstić information content (AvgIpc) is 1.62. The molecule has 0 radical (unpaired) electrons. The minimum atomic E-state index is -4.90. The van der Waals surface area contributed by atoms with Crippen LogP contribution in [-0.4, -0.2) is 8.38 Å². The molecular weight excluding hydrogens is 567 g/mol. The van der Waals surface area contributed by atoms with Gasteiger partial charge >= 0.3 is 174 Å². The molecule has 0 aliphatic rings. The van der Waals surface area contributed by atoms with Gasteiger partial charge in [-0.3, -0.25) is 0 Å². The first-order valence-corrected chi connectivity index (χ1v) is 14.8. The van der Waals surface area contributed by atoms with Crippen molar-refractivity contribution in [1.82, 2.24) is 0 Å². The fourth-order valence-electron chi connectivity index (χ4n) is 0. The topological polar surface area (TPSA) is 223 Å². The molecule has 132 valence electrons. The summed E-state index contributed by atoms with van der Waals surface area (Å²) < 4.78 is 104. The van der Waals surface area contributed by atoms with E-state index in [1.165, 1.54) is 0 Å². The molecule has 0 heterocycles. The maximum absolute atomic E-state index is 9.01. The molecule has 0 saturated carbocycles. The molecule has 12 nitrogen and oxygen atoms in total.